The maximum absolute atomic E-state index is 10.4. The molecule has 1 aromatic heterocycles. The number of hydrogen-bond acceptors (Lipinski definition) is 7. The molecule has 0 spiro atoms. The second kappa shape index (κ2) is 16.3. The number of hydrogen-bond donors (Lipinski definition) is 3. The number of pyridine rings is 1. The Morgan fingerprint density at radius 3 is 1.91 bits per heavy atom. The molecule has 2 aromatic rings. The maximum atomic E-state index is 10.4. The van der Waals surface area contributed by atoms with Crippen molar-refractivity contribution in [2.75, 3.05) is 6.61 Å². The monoisotopic (exact) mass is 504 g/mol. The number of aromatic nitrogens is 1. The summed E-state index contributed by atoms with van der Waals surface area (Å²) >= 11 is 1.03. The molecule has 1 aromatic carbocycles. The smallest absolute Gasteiger partial charge is 0.303 e. The van der Waals surface area contributed by atoms with Crippen LogP contribution in [-0.4, -0.2) is 50.1 Å². The highest BCUT2D eigenvalue weighted by Crippen LogP contribution is 2.17. The van der Waals surface area contributed by atoms with Crippen LogP contribution < -0.4 is 10.1 Å². The van der Waals surface area contributed by atoms with Gasteiger partial charge >= 0.3 is 11.9 Å². The number of carbonyl (C=O) groups is 4. The van der Waals surface area contributed by atoms with Gasteiger partial charge in [-0.1, -0.05) is 43.8 Å². The summed E-state index contributed by atoms with van der Waals surface area (Å²) in [5.74, 6) is -1.40. The molecule has 190 valence electrons. The normalized spacial score (nSPS) is 14.1. The first kappa shape index (κ1) is 29.6. The largest absolute Gasteiger partial charge is 0.493 e. The summed E-state index contributed by atoms with van der Waals surface area (Å²) in [5.41, 5.74) is 3.70. The zero-order chi connectivity index (χ0) is 26.2. The predicted molar refractivity (Wildman–Crippen MR) is 134 cm³/mol. The number of carbonyl (C=O) groups excluding carboxylic acids is 2. The number of carboxylic acids is 2. The number of nitrogens with zero attached hydrogens (tertiary/aromatic N) is 1. The van der Waals surface area contributed by atoms with Crippen LogP contribution in [0, 0.1) is 0 Å². The van der Waals surface area contributed by atoms with E-state index in [0.717, 1.165) is 42.5 Å². The number of nitrogens with one attached hydrogen (secondary N) is 1. The van der Waals surface area contributed by atoms with Crippen molar-refractivity contribution in [2.45, 2.75) is 58.1 Å². The molecule has 10 heteroatoms. The molecule has 1 fully saturated rings. The Bertz CT molecular complexity index is 901. The van der Waals surface area contributed by atoms with Crippen molar-refractivity contribution in [1.29, 1.82) is 0 Å². The Morgan fingerprint density at radius 1 is 0.971 bits per heavy atom. The lowest BCUT2D eigenvalue weighted by molar-refractivity contribution is -0.143. The van der Waals surface area contributed by atoms with Crippen LogP contribution in [-0.2, 0) is 33.6 Å². The molecule has 1 saturated heterocycles. The highest BCUT2D eigenvalue weighted by molar-refractivity contribution is 8.15. The number of ether oxygens (including phenoxy) is 1. The van der Waals surface area contributed by atoms with Crippen LogP contribution >= 0.6 is 11.8 Å². The minimum atomic E-state index is -1.08. The molecule has 2 heterocycles. The zero-order valence-electron chi connectivity index (χ0n) is 20.2. The van der Waals surface area contributed by atoms with Gasteiger partial charge in [-0.3, -0.25) is 29.5 Å². The van der Waals surface area contributed by atoms with Crippen molar-refractivity contribution in [3.05, 3.63) is 59.4 Å². The van der Waals surface area contributed by atoms with Crippen molar-refractivity contribution >= 4 is 34.8 Å². The molecule has 1 unspecified atom stereocenters. The van der Waals surface area contributed by atoms with Gasteiger partial charge in [0, 0.05) is 18.3 Å². The highest BCUT2D eigenvalue weighted by atomic mass is 32.2. The number of aliphatic carboxylic acids is 2. The number of thioether (sulfide) groups is 1. The fourth-order valence-corrected chi connectivity index (χ4v) is 3.21. The van der Waals surface area contributed by atoms with Crippen molar-refractivity contribution in [1.82, 2.24) is 10.3 Å². The molecule has 0 bridgehead atoms. The number of aryl methyl sites for hydroxylation is 2. The van der Waals surface area contributed by atoms with Crippen molar-refractivity contribution in [2.24, 2.45) is 0 Å². The van der Waals surface area contributed by atoms with Crippen molar-refractivity contribution in [3.8, 4) is 5.75 Å². The van der Waals surface area contributed by atoms with E-state index < -0.39 is 11.9 Å². The number of carboxylic acid groups (broad SMARTS) is 2. The molecule has 2 amide bonds. The zero-order valence-corrected chi connectivity index (χ0v) is 21.0. The third-order valence-corrected chi connectivity index (χ3v) is 5.57. The van der Waals surface area contributed by atoms with E-state index in [-0.39, 0.29) is 29.2 Å². The summed E-state index contributed by atoms with van der Waals surface area (Å²) in [5, 5.41) is 17.5. The predicted octanol–water partition coefficient (Wildman–Crippen LogP) is 4.12. The van der Waals surface area contributed by atoms with E-state index in [1.165, 1.54) is 11.1 Å². The van der Waals surface area contributed by atoms with Gasteiger partial charge in [-0.2, -0.15) is 0 Å². The second-order valence-corrected chi connectivity index (χ2v) is 8.75. The molecular formula is C25H32N2O7S. The van der Waals surface area contributed by atoms with Crippen LogP contribution in [0.5, 0.6) is 5.75 Å². The summed E-state index contributed by atoms with van der Waals surface area (Å²) in [7, 11) is 0. The van der Waals surface area contributed by atoms with Crippen LogP contribution in [0.2, 0.25) is 0 Å². The Kier molecular flexibility index (Phi) is 13.8. The number of imide groups is 1. The average Bonchev–Trinajstić information content (AvgIpc) is 3.14. The summed E-state index contributed by atoms with van der Waals surface area (Å²) in [6.45, 7) is 6.66. The van der Waals surface area contributed by atoms with E-state index in [1.807, 2.05) is 18.3 Å². The van der Waals surface area contributed by atoms with Crippen LogP contribution in [0.15, 0.2) is 42.6 Å². The Labute approximate surface area is 209 Å². The molecule has 0 radical (unpaired) electrons. The average molecular weight is 505 g/mol. The molecule has 3 N–H and O–H groups in total. The van der Waals surface area contributed by atoms with Crippen LogP contribution in [0.3, 0.4) is 0 Å². The van der Waals surface area contributed by atoms with Crippen LogP contribution in [0.25, 0.3) is 0 Å². The summed E-state index contributed by atoms with van der Waals surface area (Å²) in [6.07, 6.45) is 4.30. The quantitative estimate of drug-likeness (QED) is 0.459. The lowest BCUT2D eigenvalue weighted by Crippen LogP contribution is -2.22. The molecule has 35 heavy (non-hydrogen) atoms. The van der Waals surface area contributed by atoms with E-state index in [2.05, 4.69) is 48.4 Å². The first-order chi connectivity index (χ1) is 16.6. The fourth-order valence-electron chi connectivity index (χ4n) is 2.57. The number of amides is 2. The van der Waals surface area contributed by atoms with Gasteiger partial charge in [-0.15, -0.1) is 0 Å². The first-order valence-electron chi connectivity index (χ1n) is 11.2. The first-order valence-corrected chi connectivity index (χ1v) is 12.1. The van der Waals surface area contributed by atoms with Gasteiger partial charge in [0.05, 0.1) is 24.7 Å². The fraction of sp³-hybridized carbons (Fsp3) is 0.400. The molecular weight excluding hydrogens is 472 g/mol. The minimum Gasteiger partial charge on any atom is -0.493 e. The molecule has 0 saturated carbocycles. The lowest BCUT2D eigenvalue weighted by atomic mass is 10.2. The number of benzene rings is 1. The minimum absolute atomic E-state index is 0.181. The van der Waals surface area contributed by atoms with E-state index in [4.69, 9.17) is 14.9 Å². The highest BCUT2D eigenvalue weighted by Gasteiger charge is 2.26. The van der Waals surface area contributed by atoms with Gasteiger partial charge in [-0.05, 0) is 49.1 Å². The molecule has 0 aliphatic carbocycles. The Morgan fingerprint density at radius 2 is 1.54 bits per heavy atom. The van der Waals surface area contributed by atoms with Gasteiger partial charge < -0.3 is 14.9 Å². The summed E-state index contributed by atoms with van der Waals surface area (Å²) in [6, 6.07) is 12.5. The molecule has 1 aliphatic heterocycles. The molecule has 3 rings (SSSR count). The third kappa shape index (κ3) is 13.2. The summed E-state index contributed by atoms with van der Waals surface area (Å²) < 4.78 is 5.73. The topological polar surface area (TPSA) is 143 Å². The molecule has 9 nitrogen and oxygen atoms in total. The molecule has 1 atom stereocenters. The van der Waals surface area contributed by atoms with Crippen LogP contribution in [0.4, 0.5) is 4.79 Å². The second-order valence-electron chi connectivity index (χ2n) is 7.43. The standard InChI is InChI=1S/C17H21NO.C4H5NO2S.C4H6O4/c1-3-14-6-9-17(10-7-14)19-12-11-16-8-5-15(4-2)13-18-16;1-2-3(6)5-4(7)8-2;5-3(6)1-2-4(7)8/h5-10,13H,3-4,11-12H2,1-2H3;2H,1H3,(H,5,6,7);1-2H2,(H,5,6)(H,7,8). The van der Waals surface area contributed by atoms with Crippen LogP contribution in [0.1, 0.15) is 50.4 Å². The Hall–Kier alpha value is -3.40. The van der Waals surface area contributed by atoms with Gasteiger partial charge in [-0.25, -0.2) is 0 Å². The van der Waals surface area contributed by atoms with Crippen molar-refractivity contribution in [3.63, 3.8) is 0 Å². The van der Waals surface area contributed by atoms with Gasteiger partial charge in [0.1, 0.15) is 5.75 Å². The van der Waals surface area contributed by atoms with E-state index >= 15 is 0 Å². The van der Waals surface area contributed by atoms with Gasteiger partial charge in [0.15, 0.2) is 0 Å². The molecule has 1 aliphatic rings. The third-order valence-electron chi connectivity index (χ3n) is 4.68. The van der Waals surface area contributed by atoms with Gasteiger partial charge in [0.25, 0.3) is 5.24 Å². The SMILES string of the molecule is CC1SC(=O)NC1=O.CCc1ccc(OCCc2ccc(CC)cn2)cc1.O=C(O)CCC(=O)O. The maximum Gasteiger partial charge on any atom is 0.303 e. The number of rotatable bonds is 9. The Balaban J connectivity index is 0.000000316. The van der Waals surface area contributed by atoms with E-state index in [0.29, 0.717) is 6.61 Å². The van der Waals surface area contributed by atoms with Gasteiger partial charge in [0.2, 0.25) is 5.91 Å². The summed E-state index contributed by atoms with van der Waals surface area (Å²) in [4.78, 5) is 44.4. The van der Waals surface area contributed by atoms with Crippen molar-refractivity contribution < 1.29 is 34.1 Å². The lowest BCUT2D eigenvalue weighted by Gasteiger charge is -2.07. The van der Waals surface area contributed by atoms with E-state index in [9.17, 15) is 19.2 Å². The van der Waals surface area contributed by atoms with E-state index in [1.54, 1.807) is 6.92 Å².